The van der Waals surface area contributed by atoms with E-state index in [0.717, 1.165) is 31.6 Å². The molecule has 1 N–H and O–H groups in total. The van der Waals surface area contributed by atoms with Gasteiger partial charge in [0.2, 0.25) is 0 Å². The molecule has 1 aliphatic carbocycles. The van der Waals surface area contributed by atoms with Crippen molar-refractivity contribution in [2.24, 2.45) is 0 Å². The third-order valence-electron chi connectivity index (χ3n) is 3.57. The van der Waals surface area contributed by atoms with Crippen LogP contribution in [0.5, 0.6) is 0 Å². The fraction of sp³-hybridized carbons (Fsp3) is 0.714. The van der Waals surface area contributed by atoms with Crippen molar-refractivity contribution < 1.29 is 0 Å². The van der Waals surface area contributed by atoms with Crippen LogP contribution >= 0.6 is 0 Å². The van der Waals surface area contributed by atoms with E-state index in [1.165, 1.54) is 25.7 Å². The van der Waals surface area contributed by atoms with Gasteiger partial charge in [0.25, 0.3) is 5.56 Å². The Kier molecular flexibility index (Phi) is 4.93. The minimum atomic E-state index is 0.00747. The van der Waals surface area contributed by atoms with Gasteiger partial charge in [-0.2, -0.15) is 5.10 Å². The molecule has 0 bridgehead atoms. The Morgan fingerprint density at radius 3 is 2.89 bits per heavy atom. The van der Waals surface area contributed by atoms with Crippen molar-refractivity contribution in [1.82, 2.24) is 15.1 Å². The monoisotopic (exact) mass is 249 g/mol. The summed E-state index contributed by atoms with van der Waals surface area (Å²) in [6.45, 7) is 3.63. The fourth-order valence-electron chi connectivity index (χ4n) is 2.43. The van der Waals surface area contributed by atoms with Crippen LogP contribution in [0.1, 0.15) is 51.1 Å². The van der Waals surface area contributed by atoms with Gasteiger partial charge in [0.05, 0.1) is 5.69 Å². The molecule has 1 aromatic rings. The zero-order valence-corrected chi connectivity index (χ0v) is 11.2. The minimum Gasteiger partial charge on any atom is -0.308 e. The van der Waals surface area contributed by atoms with Gasteiger partial charge in [0, 0.05) is 25.2 Å². The standard InChI is InChI=1S/C14H23N3O/c1-2-3-10-17-14(18)9-8-13(16-17)11-15-12-6-4-5-7-12/h8-9,12,15H,2-7,10-11H2,1H3. The van der Waals surface area contributed by atoms with Crippen LogP contribution in [0.25, 0.3) is 0 Å². The number of aromatic nitrogens is 2. The maximum absolute atomic E-state index is 11.6. The third kappa shape index (κ3) is 3.67. The van der Waals surface area contributed by atoms with Gasteiger partial charge in [-0.15, -0.1) is 0 Å². The molecule has 1 aromatic heterocycles. The van der Waals surface area contributed by atoms with Crippen LogP contribution in [-0.4, -0.2) is 15.8 Å². The van der Waals surface area contributed by atoms with Gasteiger partial charge < -0.3 is 5.32 Å². The minimum absolute atomic E-state index is 0.00747. The first-order valence-electron chi connectivity index (χ1n) is 7.10. The molecule has 100 valence electrons. The Labute approximate surface area is 108 Å². The second-order valence-corrected chi connectivity index (χ2v) is 5.10. The van der Waals surface area contributed by atoms with E-state index in [2.05, 4.69) is 17.3 Å². The average Bonchev–Trinajstić information content (AvgIpc) is 2.89. The van der Waals surface area contributed by atoms with E-state index >= 15 is 0 Å². The highest BCUT2D eigenvalue weighted by molar-refractivity contribution is 5.00. The van der Waals surface area contributed by atoms with E-state index in [9.17, 15) is 4.79 Å². The molecule has 0 aromatic carbocycles. The van der Waals surface area contributed by atoms with Gasteiger partial charge in [-0.1, -0.05) is 26.2 Å². The lowest BCUT2D eigenvalue weighted by Crippen LogP contribution is -2.28. The molecule has 0 amide bonds. The maximum atomic E-state index is 11.6. The maximum Gasteiger partial charge on any atom is 0.266 e. The van der Waals surface area contributed by atoms with Crippen LogP contribution in [0.2, 0.25) is 0 Å². The summed E-state index contributed by atoms with van der Waals surface area (Å²) in [5.41, 5.74) is 0.977. The number of aryl methyl sites for hydroxylation is 1. The summed E-state index contributed by atoms with van der Waals surface area (Å²) in [4.78, 5) is 11.6. The first kappa shape index (κ1) is 13.3. The van der Waals surface area contributed by atoms with Crippen LogP contribution in [0, 0.1) is 0 Å². The molecule has 0 unspecified atom stereocenters. The van der Waals surface area contributed by atoms with E-state index in [-0.39, 0.29) is 5.56 Å². The van der Waals surface area contributed by atoms with E-state index in [4.69, 9.17) is 0 Å². The van der Waals surface area contributed by atoms with Crippen LogP contribution in [0.4, 0.5) is 0 Å². The molecule has 0 radical (unpaired) electrons. The van der Waals surface area contributed by atoms with Gasteiger partial charge in [-0.05, 0) is 25.3 Å². The fourth-order valence-corrected chi connectivity index (χ4v) is 2.43. The molecule has 1 heterocycles. The lowest BCUT2D eigenvalue weighted by atomic mass is 10.2. The zero-order valence-electron chi connectivity index (χ0n) is 11.2. The van der Waals surface area contributed by atoms with Gasteiger partial charge in [-0.25, -0.2) is 4.68 Å². The van der Waals surface area contributed by atoms with E-state index < -0.39 is 0 Å². The SMILES string of the molecule is CCCCn1nc(CNC2CCCC2)ccc1=O. The largest absolute Gasteiger partial charge is 0.308 e. The van der Waals surface area contributed by atoms with Gasteiger partial charge in [0.15, 0.2) is 0 Å². The average molecular weight is 249 g/mol. The Morgan fingerprint density at radius 2 is 2.17 bits per heavy atom. The van der Waals surface area contributed by atoms with Crippen molar-refractivity contribution in [3.05, 3.63) is 28.2 Å². The smallest absolute Gasteiger partial charge is 0.266 e. The van der Waals surface area contributed by atoms with E-state index in [1.807, 2.05) is 6.07 Å². The summed E-state index contributed by atoms with van der Waals surface area (Å²) >= 11 is 0. The second kappa shape index (κ2) is 6.69. The van der Waals surface area contributed by atoms with Crippen molar-refractivity contribution in [1.29, 1.82) is 0 Å². The van der Waals surface area contributed by atoms with Gasteiger partial charge in [0.1, 0.15) is 0 Å². The molecule has 1 fully saturated rings. The number of unbranched alkanes of at least 4 members (excludes halogenated alkanes) is 1. The Balaban J connectivity index is 1.93. The molecule has 1 aliphatic rings. The summed E-state index contributed by atoms with van der Waals surface area (Å²) in [7, 11) is 0. The first-order valence-corrected chi connectivity index (χ1v) is 7.10. The lowest BCUT2D eigenvalue weighted by Gasteiger charge is -2.12. The molecule has 2 rings (SSSR count). The third-order valence-corrected chi connectivity index (χ3v) is 3.57. The van der Waals surface area contributed by atoms with Crippen LogP contribution in [0.3, 0.4) is 0 Å². The molecule has 0 spiro atoms. The zero-order chi connectivity index (χ0) is 12.8. The number of rotatable bonds is 6. The highest BCUT2D eigenvalue weighted by Gasteiger charge is 2.14. The van der Waals surface area contributed by atoms with E-state index in [1.54, 1.807) is 10.7 Å². The summed E-state index contributed by atoms with van der Waals surface area (Å²) in [6.07, 6.45) is 7.30. The highest BCUT2D eigenvalue weighted by atomic mass is 16.1. The Hall–Kier alpha value is -1.16. The molecular weight excluding hydrogens is 226 g/mol. The molecule has 4 nitrogen and oxygen atoms in total. The van der Waals surface area contributed by atoms with Crippen molar-refractivity contribution in [2.75, 3.05) is 0 Å². The van der Waals surface area contributed by atoms with Crippen molar-refractivity contribution in [3.8, 4) is 0 Å². The number of nitrogens with one attached hydrogen (secondary N) is 1. The molecule has 0 atom stereocenters. The van der Waals surface area contributed by atoms with Crippen molar-refractivity contribution in [3.63, 3.8) is 0 Å². The van der Waals surface area contributed by atoms with Crippen LogP contribution in [0.15, 0.2) is 16.9 Å². The summed E-state index contributed by atoms with van der Waals surface area (Å²) in [6, 6.07) is 4.11. The molecule has 0 aliphatic heterocycles. The normalized spacial score (nSPS) is 16.3. The number of hydrogen-bond acceptors (Lipinski definition) is 3. The highest BCUT2D eigenvalue weighted by Crippen LogP contribution is 2.17. The molecule has 0 saturated heterocycles. The van der Waals surface area contributed by atoms with Crippen molar-refractivity contribution >= 4 is 0 Å². The topological polar surface area (TPSA) is 46.9 Å². The molecular formula is C14H23N3O. The Bertz CT molecular complexity index is 421. The van der Waals surface area contributed by atoms with E-state index in [0.29, 0.717) is 6.04 Å². The summed E-state index contributed by atoms with van der Waals surface area (Å²) in [5, 5.41) is 7.94. The quantitative estimate of drug-likeness (QED) is 0.839. The predicted molar refractivity (Wildman–Crippen MR) is 72.5 cm³/mol. The first-order chi connectivity index (χ1) is 8.79. The Morgan fingerprint density at radius 1 is 1.39 bits per heavy atom. The predicted octanol–water partition coefficient (Wildman–Crippen LogP) is 2.08. The molecule has 4 heteroatoms. The van der Waals surface area contributed by atoms with Gasteiger partial charge in [-0.3, -0.25) is 4.79 Å². The van der Waals surface area contributed by atoms with Crippen molar-refractivity contribution in [2.45, 2.75) is 64.6 Å². The van der Waals surface area contributed by atoms with Crippen LogP contribution in [-0.2, 0) is 13.1 Å². The second-order valence-electron chi connectivity index (χ2n) is 5.10. The summed E-state index contributed by atoms with van der Waals surface area (Å²) in [5.74, 6) is 0. The summed E-state index contributed by atoms with van der Waals surface area (Å²) < 4.78 is 1.59. The number of nitrogens with zero attached hydrogens (tertiary/aromatic N) is 2. The molecule has 18 heavy (non-hydrogen) atoms. The van der Waals surface area contributed by atoms with Gasteiger partial charge >= 0.3 is 0 Å². The lowest BCUT2D eigenvalue weighted by molar-refractivity contribution is 0.492. The number of hydrogen-bond donors (Lipinski definition) is 1. The molecule has 1 saturated carbocycles. The van der Waals surface area contributed by atoms with Crippen LogP contribution < -0.4 is 10.9 Å².